The molecular formula is C18H11NO3S. The maximum Gasteiger partial charge on any atom is 0.335 e. The number of fused-ring (bicyclic) bond motifs is 2. The van der Waals surface area contributed by atoms with Crippen molar-refractivity contribution in [1.82, 2.24) is 0 Å². The fraction of sp³-hybridized carbons (Fsp3) is 0. The predicted molar refractivity (Wildman–Crippen MR) is 89.5 cm³/mol. The molecule has 0 amide bonds. The molecule has 0 aliphatic carbocycles. The van der Waals surface area contributed by atoms with E-state index in [0.717, 1.165) is 33.3 Å². The first-order chi connectivity index (χ1) is 11.2. The first-order valence-corrected chi connectivity index (χ1v) is 7.87. The van der Waals surface area contributed by atoms with Gasteiger partial charge in [-0.15, -0.1) is 11.3 Å². The van der Waals surface area contributed by atoms with Crippen molar-refractivity contribution in [2.24, 2.45) is 4.99 Å². The average molecular weight is 321 g/mol. The number of aromatic carboxylic acids is 1. The zero-order chi connectivity index (χ0) is 15.8. The number of rotatable bonds is 2. The minimum absolute atomic E-state index is 0.253. The standard InChI is InChI=1S/C18H11NO3S/c20-17(21)12-7-5-11(6-8-12)16-13-3-1-2-4-15(13)22-18-14(19-16)9-10-23-18/h1-10H,(H,20,21). The second-order valence-corrected chi connectivity index (χ2v) is 5.91. The molecule has 1 aliphatic heterocycles. The van der Waals surface area contributed by atoms with Gasteiger partial charge in [-0.1, -0.05) is 24.3 Å². The number of hydrogen-bond donors (Lipinski definition) is 1. The molecule has 0 atom stereocenters. The maximum atomic E-state index is 11.0. The number of para-hydroxylation sites is 1. The number of thiophene rings is 1. The van der Waals surface area contributed by atoms with Gasteiger partial charge in [-0.25, -0.2) is 9.79 Å². The Morgan fingerprint density at radius 1 is 1.04 bits per heavy atom. The monoisotopic (exact) mass is 321 g/mol. The molecule has 0 radical (unpaired) electrons. The molecule has 2 heterocycles. The van der Waals surface area contributed by atoms with Gasteiger partial charge >= 0.3 is 5.97 Å². The van der Waals surface area contributed by atoms with Crippen molar-refractivity contribution < 1.29 is 14.6 Å². The Morgan fingerprint density at radius 3 is 2.61 bits per heavy atom. The Hall–Kier alpha value is -2.92. The number of carboxylic acids is 1. The molecule has 2 aromatic carbocycles. The van der Waals surface area contributed by atoms with Crippen LogP contribution < -0.4 is 4.74 Å². The van der Waals surface area contributed by atoms with Crippen LogP contribution in [0.15, 0.2) is 65.0 Å². The van der Waals surface area contributed by atoms with Crippen LogP contribution >= 0.6 is 11.3 Å². The summed E-state index contributed by atoms with van der Waals surface area (Å²) in [6.07, 6.45) is 0. The fourth-order valence-corrected chi connectivity index (χ4v) is 3.16. The van der Waals surface area contributed by atoms with Crippen LogP contribution in [0.3, 0.4) is 0 Å². The second-order valence-electron chi connectivity index (χ2n) is 5.03. The summed E-state index contributed by atoms with van der Waals surface area (Å²) < 4.78 is 5.97. The Bertz CT molecular complexity index is 925. The summed E-state index contributed by atoms with van der Waals surface area (Å²) in [7, 11) is 0. The fourth-order valence-electron chi connectivity index (χ4n) is 2.47. The van der Waals surface area contributed by atoms with E-state index in [9.17, 15) is 4.79 Å². The zero-order valence-corrected chi connectivity index (χ0v) is 12.7. The number of nitrogens with zero attached hydrogens (tertiary/aromatic N) is 1. The molecule has 0 saturated heterocycles. The summed E-state index contributed by atoms with van der Waals surface area (Å²) >= 11 is 1.50. The first-order valence-electron chi connectivity index (χ1n) is 6.99. The van der Waals surface area contributed by atoms with Crippen molar-refractivity contribution in [2.75, 3.05) is 0 Å². The summed E-state index contributed by atoms with van der Waals surface area (Å²) in [4.78, 5) is 15.8. The summed E-state index contributed by atoms with van der Waals surface area (Å²) in [5, 5.41) is 11.7. The topological polar surface area (TPSA) is 58.9 Å². The summed E-state index contributed by atoms with van der Waals surface area (Å²) in [6, 6.07) is 16.4. The number of aliphatic imine (C=N–C) groups is 1. The van der Waals surface area contributed by atoms with Crippen molar-refractivity contribution in [3.8, 4) is 10.8 Å². The van der Waals surface area contributed by atoms with Gasteiger partial charge in [-0.2, -0.15) is 0 Å². The third-order valence-electron chi connectivity index (χ3n) is 3.59. The normalized spacial score (nSPS) is 12.4. The zero-order valence-electron chi connectivity index (χ0n) is 11.9. The van der Waals surface area contributed by atoms with E-state index in [0.29, 0.717) is 0 Å². The number of hydrogen-bond acceptors (Lipinski definition) is 4. The molecule has 4 rings (SSSR count). The highest BCUT2D eigenvalue weighted by atomic mass is 32.1. The van der Waals surface area contributed by atoms with Crippen molar-refractivity contribution in [2.45, 2.75) is 0 Å². The lowest BCUT2D eigenvalue weighted by molar-refractivity contribution is 0.0697. The minimum Gasteiger partial charge on any atom is -0.478 e. The van der Waals surface area contributed by atoms with E-state index in [4.69, 9.17) is 14.8 Å². The van der Waals surface area contributed by atoms with Crippen molar-refractivity contribution >= 4 is 28.7 Å². The van der Waals surface area contributed by atoms with Gasteiger partial charge in [0.25, 0.3) is 0 Å². The van der Waals surface area contributed by atoms with Crippen LogP contribution in [0.2, 0.25) is 0 Å². The molecule has 23 heavy (non-hydrogen) atoms. The average Bonchev–Trinajstić information content (AvgIpc) is 2.94. The minimum atomic E-state index is -0.941. The molecule has 0 saturated carbocycles. The summed E-state index contributed by atoms with van der Waals surface area (Å²) in [6.45, 7) is 0. The lowest BCUT2D eigenvalue weighted by atomic mass is 10.00. The van der Waals surface area contributed by atoms with Gasteiger partial charge in [0, 0.05) is 11.1 Å². The Labute approximate surface area is 136 Å². The van der Waals surface area contributed by atoms with Gasteiger partial charge < -0.3 is 9.84 Å². The van der Waals surface area contributed by atoms with Crippen LogP contribution in [0.25, 0.3) is 0 Å². The molecule has 3 aromatic rings. The number of benzene rings is 2. The number of carbonyl (C=O) groups is 1. The Balaban J connectivity index is 1.90. The highest BCUT2D eigenvalue weighted by Crippen LogP contribution is 2.42. The van der Waals surface area contributed by atoms with E-state index in [1.165, 1.54) is 11.3 Å². The van der Waals surface area contributed by atoms with Crippen molar-refractivity contribution in [3.63, 3.8) is 0 Å². The third kappa shape index (κ3) is 2.41. The van der Waals surface area contributed by atoms with Gasteiger partial charge in [-0.05, 0) is 35.7 Å². The van der Waals surface area contributed by atoms with Gasteiger partial charge in [0.1, 0.15) is 11.4 Å². The van der Waals surface area contributed by atoms with Crippen LogP contribution in [0.5, 0.6) is 10.8 Å². The van der Waals surface area contributed by atoms with Crippen LogP contribution in [0.1, 0.15) is 21.5 Å². The lowest BCUT2D eigenvalue weighted by Crippen LogP contribution is -2.04. The SMILES string of the molecule is O=C(O)c1ccc(C2=Nc3ccsc3Oc3ccccc32)cc1. The number of carboxylic acid groups (broad SMARTS) is 1. The van der Waals surface area contributed by atoms with E-state index in [2.05, 4.69) is 0 Å². The van der Waals surface area contributed by atoms with E-state index < -0.39 is 5.97 Å². The molecule has 112 valence electrons. The Kier molecular flexibility index (Phi) is 3.20. The molecule has 1 N–H and O–H groups in total. The smallest absolute Gasteiger partial charge is 0.335 e. The highest BCUT2D eigenvalue weighted by molar-refractivity contribution is 7.12. The maximum absolute atomic E-state index is 11.0. The molecule has 0 unspecified atom stereocenters. The molecule has 0 bridgehead atoms. The van der Waals surface area contributed by atoms with Gasteiger partial charge in [0.2, 0.25) is 5.06 Å². The number of ether oxygens (including phenoxy) is 1. The molecule has 1 aromatic heterocycles. The largest absolute Gasteiger partial charge is 0.478 e. The highest BCUT2D eigenvalue weighted by Gasteiger charge is 2.20. The lowest BCUT2D eigenvalue weighted by Gasteiger charge is -2.09. The van der Waals surface area contributed by atoms with Gasteiger partial charge in [0.05, 0.1) is 11.3 Å². The molecule has 4 nitrogen and oxygen atoms in total. The van der Waals surface area contributed by atoms with Gasteiger partial charge in [-0.3, -0.25) is 0 Å². The predicted octanol–water partition coefficient (Wildman–Crippen LogP) is 4.72. The molecule has 5 heteroatoms. The summed E-state index contributed by atoms with van der Waals surface area (Å²) in [5.41, 5.74) is 3.55. The van der Waals surface area contributed by atoms with Gasteiger partial charge in [0.15, 0.2) is 0 Å². The van der Waals surface area contributed by atoms with Crippen molar-refractivity contribution in [1.29, 1.82) is 0 Å². The molecule has 0 fully saturated rings. The van der Waals surface area contributed by atoms with E-state index in [-0.39, 0.29) is 5.56 Å². The van der Waals surface area contributed by atoms with Crippen LogP contribution in [-0.2, 0) is 0 Å². The molecular weight excluding hydrogens is 310 g/mol. The first kappa shape index (κ1) is 13.7. The van der Waals surface area contributed by atoms with E-state index in [1.54, 1.807) is 24.3 Å². The van der Waals surface area contributed by atoms with Crippen LogP contribution in [0.4, 0.5) is 5.69 Å². The third-order valence-corrected chi connectivity index (χ3v) is 4.37. The Morgan fingerprint density at radius 2 is 1.83 bits per heavy atom. The van der Waals surface area contributed by atoms with Crippen LogP contribution in [-0.4, -0.2) is 16.8 Å². The van der Waals surface area contributed by atoms with E-state index >= 15 is 0 Å². The van der Waals surface area contributed by atoms with E-state index in [1.807, 2.05) is 35.7 Å². The molecule has 0 spiro atoms. The van der Waals surface area contributed by atoms with Crippen molar-refractivity contribution in [3.05, 3.63) is 76.7 Å². The quantitative estimate of drug-likeness (QED) is 0.581. The van der Waals surface area contributed by atoms with Crippen LogP contribution in [0, 0.1) is 0 Å². The second kappa shape index (κ2) is 5.37. The summed E-state index contributed by atoms with van der Waals surface area (Å²) in [5.74, 6) is -0.196. The molecule has 1 aliphatic rings.